The number of hydrogen-bond donors (Lipinski definition) is 2. The van der Waals surface area contributed by atoms with Gasteiger partial charge in [-0.1, -0.05) is 12.1 Å². The zero-order chi connectivity index (χ0) is 15.3. The molecule has 0 aliphatic heterocycles. The first-order chi connectivity index (χ1) is 9.97. The quantitative estimate of drug-likeness (QED) is 0.849. The second kappa shape index (κ2) is 6.36. The highest BCUT2D eigenvalue weighted by molar-refractivity contribution is 7.92. The Morgan fingerprint density at radius 3 is 2.29 bits per heavy atom. The van der Waals surface area contributed by atoms with Gasteiger partial charge in [-0.05, 0) is 36.2 Å². The molecule has 2 N–H and O–H groups in total. The lowest BCUT2D eigenvalue weighted by molar-refractivity contribution is -0.136. The summed E-state index contributed by atoms with van der Waals surface area (Å²) in [5, 5.41) is 8.61. The smallest absolute Gasteiger partial charge is 0.303 e. The number of benzene rings is 1. The second-order valence-electron chi connectivity index (χ2n) is 4.38. The minimum absolute atomic E-state index is 0.0152. The molecule has 0 aliphatic carbocycles. The van der Waals surface area contributed by atoms with Gasteiger partial charge in [-0.2, -0.15) is 0 Å². The van der Waals surface area contributed by atoms with E-state index in [1.165, 1.54) is 24.5 Å². The molecule has 0 fully saturated rings. The molecule has 6 nitrogen and oxygen atoms in total. The molecule has 0 amide bonds. The predicted octanol–water partition coefficient (Wildman–Crippen LogP) is 1.90. The summed E-state index contributed by atoms with van der Waals surface area (Å²) in [6, 6.07) is 9.26. The molecule has 0 saturated carbocycles. The van der Waals surface area contributed by atoms with Crippen LogP contribution < -0.4 is 4.72 Å². The van der Waals surface area contributed by atoms with E-state index >= 15 is 0 Å². The average Bonchev–Trinajstić information content (AvgIpc) is 2.46. The predicted molar refractivity (Wildman–Crippen MR) is 77.4 cm³/mol. The van der Waals surface area contributed by atoms with Crippen LogP contribution in [-0.2, 0) is 21.2 Å². The van der Waals surface area contributed by atoms with Crippen LogP contribution in [0, 0.1) is 0 Å². The van der Waals surface area contributed by atoms with Crippen LogP contribution in [-0.4, -0.2) is 24.5 Å². The standard InChI is InChI=1S/C14H14N2O4S/c17-14(18)6-3-11-1-4-13(5-2-11)21(19,20)16-12-7-9-15-10-8-12/h1-2,4-5,7-10H,3,6H2,(H,15,16)(H,17,18). The minimum Gasteiger partial charge on any atom is -0.481 e. The van der Waals surface area contributed by atoms with Crippen LogP contribution in [0.5, 0.6) is 0 Å². The summed E-state index contributed by atoms with van der Waals surface area (Å²) in [4.78, 5) is 14.4. The Hall–Kier alpha value is -2.41. The van der Waals surface area contributed by atoms with Gasteiger partial charge in [0.2, 0.25) is 0 Å². The lowest BCUT2D eigenvalue weighted by Crippen LogP contribution is -2.12. The van der Waals surface area contributed by atoms with Crippen molar-refractivity contribution in [1.82, 2.24) is 4.98 Å². The lowest BCUT2D eigenvalue weighted by Gasteiger charge is -2.08. The van der Waals surface area contributed by atoms with E-state index in [-0.39, 0.29) is 11.3 Å². The molecule has 7 heteroatoms. The number of aryl methyl sites for hydroxylation is 1. The maximum atomic E-state index is 12.2. The van der Waals surface area contributed by atoms with Crippen LogP contribution in [0.25, 0.3) is 0 Å². The Bertz CT molecular complexity index is 712. The van der Waals surface area contributed by atoms with E-state index in [2.05, 4.69) is 9.71 Å². The van der Waals surface area contributed by atoms with Crippen molar-refractivity contribution in [2.75, 3.05) is 4.72 Å². The van der Waals surface area contributed by atoms with Gasteiger partial charge in [0.25, 0.3) is 10.0 Å². The summed E-state index contributed by atoms with van der Waals surface area (Å²) in [6.45, 7) is 0. The Morgan fingerprint density at radius 2 is 1.71 bits per heavy atom. The number of hydrogen-bond acceptors (Lipinski definition) is 4. The number of carbonyl (C=O) groups is 1. The van der Waals surface area contributed by atoms with Crippen LogP contribution >= 0.6 is 0 Å². The highest BCUT2D eigenvalue weighted by Gasteiger charge is 2.13. The molecule has 1 heterocycles. The van der Waals surface area contributed by atoms with Gasteiger partial charge in [-0.3, -0.25) is 14.5 Å². The van der Waals surface area contributed by atoms with Crippen LogP contribution in [0.3, 0.4) is 0 Å². The fourth-order valence-corrected chi connectivity index (χ4v) is 2.78. The second-order valence-corrected chi connectivity index (χ2v) is 6.06. The Kier molecular flexibility index (Phi) is 4.54. The summed E-state index contributed by atoms with van der Waals surface area (Å²) in [7, 11) is -3.66. The molecule has 0 atom stereocenters. The SMILES string of the molecule is O=C(O)CCc1ccc(S(=O)(=O)Nc2ccncc2)cc1. The normalized spacial score (nSPS) is 11.0. The maximum absolute atomic E-state index is 12.2. The van der Waals surface area contributed by atoms with Crippen LogP contribution in [0.15, 0.2) is 53.7 Å². The maximum Gasteiger partial charge on any atom is 0.303 e. The van der Waals surface area contributed by atoms with E-state index in [0.717, 1.165) is 5.56 Å². The topological polar surface area (TPSA) is 96.4 Å². The Labute approximate surface area is 122 Å². The zero-order valence-corrected chi connectivity index (χ0v) is 11.9. The van der Waals surface area contributed by atoms with Crippen molar-refractivity contribution in [3.63, 3.8) is 0 Å². The van der Waals surface area contributed by atoms with Gasteiger partial charge >= 0.3 is 5.97 Å². The number of pyridine rings is 1. The fourth-order valence-electron chi connectivity index (χ4n) is 1.72. The molecule has 2 rings (SSSR count). The molecule has 0 saturated heterocycles. The third kappa shape index (κ3) is 4.28. The molecule has 21 heavy (non-hydrogen) atoms. The van der Waals surface area contributed by atoms with Crippen molar-refractivity contribution in [2.24, 2.45) is 0 Å². The number of carboxylic acids is 1. The molecule has 2 aromatic rings. The van der Waals surface area contributed by atoms with E-state index in [1.807, 2.05) is 0 Å². The average molecular weight is 306 g/mol. The monoisotopic (exact) mass is 306 g/mol. The van der Waals surface area contributed by atoms with Crippen molar-refractivity contribution < 1.29 is 18.3 Å². The number of rotatable bonds is 6. The van der Waals surface area contributed by atoms with Crippen molar-refractivity contribution in [3.8, 4) is 0 Å². The largest absolute Gasteiger partial charge is 0.481 e. The van der Waals surface area contributed by atoms with E-state index in [4.69, 9.17) is 5.11 Å². The summed E-state index contributed by atoms with van der Waals surface area (Å²) in [6.07, 6.45) is 3.37. The Balaban J connectivity index is 2.12. The van der Waals surface area contributed by atoms with Gasteiger partial charge < -0.3 is 5.11 Å². The van der Waals surface area contributed by atoms with Gasteiger partial charge in [-0.25, -0.2) is 8.42 Å². The van der Waals surface area contributed by atoms with Gasteiger partial charge in [0.1, 0.15) is 0 Å². The van der Waals surface area contributed by atoms with Gasteiger partial charge in [-0.15, -0.1) is 0 Å². The molecule has 0 aliphatic rings. The van der Waals surface area contributed by atoms with E-state index in [9.17, 15) is 13.2 Å². The van der Waals surface area contributed by atoms with E-state index < -0.39 is 16.0 Å². The number of carboxylic acid groups (broad SMARTS) is 1. The molecule has 1 aromatic heterocycles. The van der Waals surface area contributed by atoms with Crippen molar-refractivity contribution in [3.05, 3.63) is 54.4 Å². The lowest BCUT2D eigenvalue weighted by atomic mass is 10.1. The first kappa shape index (κ1) is 15.0. The summed E-state index contributed by atoms with van der Waals surface area (Å²) < 4.78 is 26.7. The molecular weight excluding hydrogens is 292 g/mol. The molecule has 0 radical (unpaired) electrons. The number of nitrogens with one attached hydrogen (secondary N) is 1. The fraction of sp³-hybridized carbons (Fsp3) is 0.143. The first-order valence-electron chi connectivity index (χ1n) is 6.21. The molecule has 0 unspecified atom stereocenters. The number of sulfonamides is 1. The number of anilines is 1. The molecule has 1 aromatic carbocycles. The highest BCUT2D eigenvalue weighted by atomic mass is 32.2. The van der Waals surface area contributed by atoms with Crippen LogP contribution in [0.4, 0.5) is 5.69 Å². The number of aromatic nitrogens is 1. The van der Waals surface area contributed by atoms with Crippen LogP contribution in [0.1, 0.15) is 12.0 Å². The summed E-state index contributed by atoms with van der Waals surface area (Å²) in [5.41, 5.74) is 1.21. The third-order valence-electron chi connectivity index (χ3n) is 2.79. The summed E-state index contributed by atoms with van der Waals surface area (Å²) >= 11 is 0. The molecule has 0 spiro atoms. The van der Waals surface area contributed by atoms with Gasteiger partial charge in [0.05, 0.1) is 10.6 Å². The highest BCUT2D eigenvalue weighted by Crippen LogP contribution is 2.16. The molecular formula is C14H14N2O4S. The zero-order valence-electron chi connectivity index (χ0n) is 11.1. The molecule has 110 valence electrons. The van der Waals surface area contributed by atoms with Crippen molar-refractivity contribution in [2.45, 2.75) is 17.7 Å². The van der Waals surface area contributed by atoms with Crippen LogP contribution in [0.2, 0.25) is 0 Å². The minimum atomic E-state index is -3.66. The Morgan fingerprint density at radius 1 is 1.10 bits per heavy atom. The van der Waals surface area contributed by atoms with Crippen molar-refractivity contribution in [1.29, 1.82) is 0 Å². The van der Waals surface area contributed by atoms with Gasteiger partial charge in [0, 0.05) is 18.8 Å². The first-order valence-corrected chi connectivity index (χ1v) is 7.69. The number of nitrogens with zero attached hydrogens (tertiary/aromatic N) is 1. The van der Waals surface area contributed by atoms with Crippen molar-refractivity contribution >= 4 is 21.7 Å². The third-order valence-corrected chi connectivity index (χ3v) is 4.19. The number of aliphatic carboxylic acids is 1. The van der Waals surface area contributed by atoms with E-state index in [0.29, 0.717) is 12.1 Å². The molecule has 0 bridgehead atoms. The van der Waals surface area contributed by atoms with E-state index in [1.54, 1.807) is 24.3 Å². The van der Waals surface area contributed by atoms with Gasteiger partial charge in [0.15, 0.2) is 0 Å². The summed E-state index contributed by atoms with van der Waals surface area (Å²) in [5.74, 6) is -0.883.